The Morgan fingerprint density at radius 1 is 0.565 bits per heavy atom. The van der Waals surface area contributed by atoms with Gasteiger partial charge in [0, 0.05) is 36.4 Å². The van der Waals surface area contributed by atoms with Gasteiger partial charge in [-0.3, -0.25) is 52.5 Å². The summed E-state index contributed by atoms with van der Waals surface area (Å²) in [6, 6.07) is 9.64. The molecule has 29 heteroatoms. The number of benzene rings is 3. The van der Waals surface area contributed by atoms with E-state index in [1.807, 2.05) is 0 Å². The number of para-hydroxylation sites is 1. The number of H-pyrrole nitrogens is 1. The number of fused-ring (bicyclic) bond motifs is 1. The van der Waals surface area contributed by atoms with Crippen LogP contribution in [-0.2, 0) is 82.3 Å². The lowest BCUT2D eigenvalue weighted by Gasteiger charge is -2.26. The van der Waals surface area contributed by atoms with E-state index in [0.717, 1.165) is 12.1 Å². The lowest BCUT2D eigenvalue weighted by atomic mass is 10.0. The van der Waals surface area contributed by atoms with E-state index in [2.05, 4.69) is 51.7 Å². The molecule has 7 atom stereocenters. The number of carboxylic acids is 2. The number of alkyl carbamates (subject to hydrolysis) is 1. The molecule has 9 amide bonds. The normalized spacial score (nSPS) is 13.8. The van der Waals surface area contributed by atoms with E-state index in [-0.39, 0.29) is 37.0 Å². The molecule has 0 aliphatic carbocycles. The van der Waals surface area contributed by atoms with Crippen molar-refractivity contribution in [2.75, 3.05) is 6.54 Å². The van der Waals surface area contributed by atoms with E-state index in [0.29, 0.717) is 47.7 Å². The first-order valence-electron chi connectivity index (χ1n) is 27.2. The number of hydrogen-bond acceptors (Lipinski definition) is 15. The van der Waals surface area contributed by atoms with E-state index < -0.39 is 149 Å². The van der Waals surface area contributed by atoms with Crippen LogP contribution in [-0.4, -0.2) is 148 Å². The minimum absolute atomic E-state index is 0.0171. The van der Waals surface area contributed by atoms with Crippen molar-refractivity contribution in [3.05, 3.63) is 102 Å². The third kappa shape index (κ3) is 24.3. The number of rotatable bonds is 34. The number of carbonyl (C=O) groups excluding carboxylic acids is 9. The van der Waals surface area contributed by atoms with Crippen LogP contribution in [0.15, 0.2) is 85.1 Å². The number of amides is 9. The van der Waals surface area contributed by atoms with E-state index in [4.69, 9.17) is 15.0 Å². The van der Waals surface area contributed by atoms with Crippen molar-refractivity contribution in [2.24, 2.45) is 5.73 Å². The highest BCUT2D eigenvalue weighted by atomic mass is 32.3. The third-order valence-electron chi connectivity index (χ3n) is 12.7. The van der Waals surface area contributed by atoms with Gasteiger partial charge in [0.2, 0.25) is 47.3 Å². The maximum atomic E-state index is 14.4. The van der Waals surface area contributed by atoms with E-state index in [1.54, 1.807) is 74.6 Å². The summed E-state index contributed by atoms with van der Waals surface area (Å²) < 4.78 is 41.4. The van der Waals surface area contributed by atoms with Gasteiger partial charge < -0.3 is 72.4 Å². The van der Waals surface area contributed by atoms with Crippen LogP contribution in [0.3, 0.4) is 0 Å². The molecule has 3 aromatic carbocycles. The van der Waals surface area contributed by atoms with Gasteiger partial charge in [-0.15, -0.1) is 0 Å². The van der Waals surface area contributed by atoms with Gasteiger partial charge in [0.25, 0.3) is 0 Å². The zero-order valence-corrected chi connectivity index (χ0v) is 48.4. The SMILES string of the molecule is CCCC[C@H](NC(=O)[C@H](Cc1ccc(OS(=O)(=O)O)cc1)NC(=O)[C@H](CC(=O)O)NC(=O)OC(C)(C)C)C(=O)NCC(=O)N[C@@H](Cc1c[nH]c2ccccc12)C(=O)N[C@@H](CCCC)C(=O)N[C@@H](CC(=O)O)C(=O)N[C@@H](Cc1ccccc1)C(N)=O. The number of aliphatic carboxylic acids is 2. The van der Waals surface area contributed by atoms with Gasteiger partial charge in [-0.2, -0.15) is 8.42 Å². The minimum Gasteiger partial charge on any atom is -0.481 e. The van der Waals surface area contributed by atoms with Gasteiger partial charge in [-0.25, -0.2) is 4.79 Å². The highest BCUT2D eigenvalue weighted by Crippen LogP contribution is 2.20. The van der Waals surface area contributed by atoms with Crippen molar-refractivity contribution in [1.29, 1.82) is 0 Å². The highest BCUT2D eigenvalue weighted by Gasteiger charge is 2.35. The van der Waals surface area contributed by atoms with Crippen molar-refractivity contribution in [3.63, 3.8) is 0 Å². The second-order valence-electron chi connectivity index (χ2n) is 20.8. The summed E-state index contributed by atoms with van der Waals surface area (Å²) in [5.74, 6) is -11.1. The predicted molar refractivity (Wildman–Crippen MR) is 305 cm³/mol. The number of aromatic nitrogens is 1. The molecule has 28 nitrogen and oxygen atoms in total. The fourth-order valence-corrected chi connectivity index (χ4v) is 8.87. The fourth-order valence-electron chi connectivity index (χ4n) is 8.52. The second kappa shape index (κ2) is 32.7. The van der Waals surface area contributed by atoms with E-state index in [9.17, 15) is 71.4 Å². The molecule has 0 aliphatic rings. The number of nitrogens with two attached hydrogens (primary N) is 1. The summed E-state index contributed by atoms with van der Waals surface area (Å²) in [6.45, 7) is 7.38. The molecule has 0 spiro atoms. The van der Waals surface area contributed by atoms with Crippen LogP contribution in [0, 0.1) is 0 Å². The number of primary amides is 1. The zero-order chi connectivity index (χ0) is 63.0. The van der Waals surface area contributed by atoms with Gasteiger partial charge >= 0.3 is 28.4 Å². The van der Waals surface area contributed by atoms with Gasteiger partial charge in [-0.05, 0) is 68.5 Å². The van der Waals surface area contributed by atoms with Gasteiger partial charge in [0.1, 0.15) is 53.6 Å². The van der Waals surface area contributed by atoms with E-state index >= 15 is 0 Å². The molecule has 1 aromatic heterocycles. The van der Waals surface area contributed by atoms with E-state index in [1.165, 1.54) is 32.9 Å². The van der Waals surface area contributed by atoms with Crippen LogP contribution in [0.1, 0.15) is 103 Å². The Balaban J connectivity index is 1.58. The van der Waals surface area contributed by atoms with Gasteiger partial charge in [0.05, 0.1) is 19.4 Å². The smallest absolute Gasteiger partial charge is 0.446 e. The number of carboxylic acid groups (broad SMARTS) is 2. The maximum absolute atomic E-state index is 14.4. The number of aromatic amines is 1. The molecular weight excluding hydrogens is 1130 g/mol. The summed E-state index contributed by atoms with van der Waals surface area (Å²) in [6.07, 6.45) is -0.389. The number of unbranched alkanes of at least 4 members (excludes halogenated alkanes) is 2. The largest absolute Gasteiger partial charge is 0.481 e. The van der Waals surface area contributed by atoms with Crippen molar-refractivity contribution >= 4 is 86.6 Å². The average Bonchev–Trinajstić information content (AvgIpc) is 3.90. The second-order valence-corrected chi connectivity index (χ2v) is 21.9. The maximum Gasteiger partial charge on any atom is 0.446 e. The van der Waals surface area contributed by atoms with Crippen LogP contribution < -0.4 is 52.5 Å². The first-order valence-corrected chi connectivity index (χ1v) is 28.6. The topological polar surface area (TPSA) is 439 Å². The molecule has 0 saturated heterocycles. The van der Waals surface area contributed by atoms with Gasteiger partial charge in [0.15, 0.2) is 0 Å². The lowest BCUT2D eigenvalue weighted by molar-refractivity contribution is -0.141. The van der Waals surface area contributed by atoms with Crippen LogP contribution in [0.4, 0.5) is 4.79 Å². The van der Waals surface area contributed by atoms with Crippen molar-refractivity contribution < 1.29 is 84.8 Å². The molecule has 0 aliphatic heterocycles. The monoisotopic (exact) mass is 1210 g/mol. The molecular formula is C56H74N10O18S. The summed E-state index contributed by atoms with van der Waals surface area (Å²) in [4.78, 5) is 150. The van der Waals surface area contributed by atoms with Crippen molar-refractivity contribution in [3.8, 4) is 5.75 Å². The fraction of sp³-hybridized carbons (Fsp3) is 0.446. The average molecular weight is 1210 g/mol. The van der Waals surface area contributed by atoms with Crippen LogP contribution >= 0.6 is 0 Å². The Morgan fingerprint density at radius 3 is 1.56 bits per heavy atom. The first-order chi connectivity index (χ1) is 40.0. The molecule has 462 valence electrons. The molecule has 0 radical (unpaired) electrons. The van der Waals surface area contributed by atoms with Crippen molar-refractivity contribution in [1.82, 2.24) is 47.5 Å². The third-order valence-corrected chi connectivity index (χ3v) is 13.1. The molecule has 0 unspecified atom stereocenters. The summed E-state index contributed by atoms with van der Waals surface area (Å²) in [5.41, 5.74) is 6.63. The standard InChI is InChI=1S/C56H74N10O18S/c1-6-8-18-38(61-51(75)41(26-33-21-23-35(24-22-33)84-85(80,81)82)64-54(78)44(29-47(70)71)66-55(79)83-56(3,4)5)49(73)59-31-45(67)60-42(27-34-30-58-37-20-14-13-17-36(34)37)52(76)62-39(19-9-7-2)50(74)65-43(28-46(68)69)53(77)63-40(48(57)72)25-32-15-11-10-12-16-32/h10-17,20-24,30,38-44,58H,6-9,18-19,25-29,31H2,1-5H3,(H2,57,72)(H,59,73)(H,60,67)(H,61,75)(H,62,76)(H,63,77)(H,64,78)(H,65,74)(H,66,79)(H,68,69)(H,70,71)(H,80,81,82)/t38-,39-,40-,41-,42-,43-,44-/m0/s1. The zero-order valence-electron chi connectivity index (χ0n) is 47.6. The molecule has 0 fully saturated rings. The lowest BCUT2D eigenvalue weighted by Crippen LogP contribution is -2.59. The Morgan fingerprint density at radius 2 is 1.02 bits per heavy atom. The Bertz CT molecular complexity index is 3120. The quantitative estimate of drug-likeness (QED) is 0.0291. The summed E-state index contributed by atoms with van der Waals surface area (Å²) in [7, 11) is -4.92. The Labute approximate surface area is 490 Å². The molecule has 0 bridgehead atoms. The summed E-state index contributed by atoms with van der Waals surface area (Å²) >= 11 is 0. The molecule has 85 heavy (non-hydrogen) atoms. The van der Waals surface area contributed by atoms with Crippen molar-refractivity contribution in [2.45, 2.75) is 153 Å². The molecule has 4 rings (SSSR count). The molecule has 14 N–H and O–H groups in total. The summed E-state index contributed by atoms with van der Waals surface area (Å²) in [5, 5.41) is 39.7. The molecule has 1 heterocycles. The van der Waals surface area contributed by atoms with Crippen LogP contribution in [0.25, 0.3) is 10.9 Å². The Hall–Kier alpha value is -9.12. The predicted octanol–water partition coefficient (Wildman–Crippen LogP) is 1.11. The number of hydrogen-bond donors (Lipinski definition) is 13. The van der Waals surface area contributed by atoms with Crippen LogP contribution in [0.2, 0.25) is 0 Å². The molecule has 4 aromatic rings. The number of nitrogens with one attached hydrogen (secondary N) is 9. The Kier molecular flexibility index (Phi) is 26.3. The molecule has 0 saturated carbocycles. The van der Waals surface area contributed by atoms with Gasteiger partial charge in [-0.1, -0.05) is 100 Å². The number of ether oxygens (including phenoxy) is 1. The highest BCUT2D eigenvalue weighted by molar-refractivity contribution is 7.81. The first kappa shape index (κ1) is 68.4. The number of carbonyl (C=O) groups is 11. The minimum atomic E-state index is -4.92. The van der Waals surface area contributed by atoms with Crippen LogP contribution in [0.5, 0.6) is 5.75 Å².